The highest BCUT2D eigenvalue weighted by Crippen LogP contribution is 2.22. The van der Waals surface area contributed by atoms with E-state index in [2.05, 4.69) is 10.6 Å². The van der Waals surface area contributed by atoms with Gasteiger partial charge in [0.25, 0.3) is 0 Å². The molecule has 2 unspecified atom stereocenters. The van der Waals surface area contributed by atoms with Gasteiger partial charge in [-0.05, 0) is 43.5 Å². The molecule has 1 aromatic carbocycles. The molecule has 0 spiro atoms. The van der Waals surface area contributed by atoms with Crippen LogP contribution in [-0.4, -0.2) is 29.6 Å². The molecule has 0 aromatic heterocycles. The van der Waals surface area contributed by atoms with Crippen LogP contribution in [0.15, 0.2) is 18.2 Å². The van der Waals surface area contributed by atoms with Crippen LogP contribution < -0.4 is 10.6 Å². The SMILES string of the molecule is CC1CCCNC1C(=O)Nc1ccc(Cl)c(C(=O)O)c1. The predicted octanol–water partition coefficient (Wildman–Crippen LogP) is 2.36. The van der Waals surface area contributed by atoms with Crippen molar-refractivity contribution in [3.63, 3.8) is 0 Å². The second-order valence-corrected chi connectivity index (χ2v) is 5.45. The van der Waals surface area contributed by atoms with Gasteiger partial charge in [-0.3, -0.25) is 4.79 Å². The highest BCUT2D eigenvalue weighted by atomic mass is 35.5. The van der Waals surface area contributed by atoms with Gasteiger partial charge in [-0.1, -0.05) is 18.5 Å². The molecule has 1 aliphatic rings. The van der Waals surface area contributed by atoms with Gasteiger partial charge in [0.2, 0.25) is 5.91 Å². The lowest BCUT2D eigenvalue weighted by molar-refractivity contribution is -0.119. The van der Waals surface area contributed by atoms with Crippen molar-refractivity contribution in [3.8, 4) is 0 Å². The molecule has 1 fully saturated rings. The Hall–Kier alpha value is -1.59. The van der Waals surface area contributed by atoms with Gasteiger partial charge < -0.3 is 15.7 Å². The number of hydrogen-bond acceptors (Lipinski definition) is 3. The van der Waals surface area contributed by atoms with Crippen molar-refractivity contribution < 1.29 is 14.7 Å². The number of aromatic carboxylic acids is 1. The number of hydrogen-bond donors (Lipinski definition) is 3. The Balaban J connectivity index is 2.11. The van der Waals surface area contributed by atoms with Crippen molar-refractivity contribution >= 4 is 29.2 Å². The van der Waals surface area contributed by atoms with E-state index in [-0.39, 0.29) is 28.5 Å². The Bertz CT molecular complexity index is 533. The van der Waals surface area contributed by atoms with Crippen molar-refractivity contribution in [3.05, 3.63) is 28.8 Å². The van der Waals surface area contributed by atoms with Crippen molar-refractivity contribution in [1.29, 1.82) is 0 Å². The first-order valence-corrected chi connectivity index (χ1v) is 6.94. The Kier molecular flexibility index (Phi) is 4.62. The number of carbonyl (C=O) groups excluding carboxylic acids is 1. The van der Waals surface area contributed by atoms with Gasteiger partial charge in [0.05, 0.1) is 16.6 Å². The van der Waals surface area contributed by atoms with Crippen LogP contribution in [0.5, 0.6) is 0 Å². The maximum atomic E-state index is 12.2. The number of carboxylic acid groups (broad SMARTS) is 1. The van der Waals surface area contributed by atoms with Crippen molar-refractivity contribution in [2.75, 3.05) is 11.9 Å². The van der Waals surface area contributed by atoms with Gasteiger partial charge in [-0.2, -0.15) is 0 Å². The third-order valence-corrected chi connectivity index (χ3v) is 3.85. The van der Waals surface area contributed by atoms with Crippen molar-refractivity contribution in [2.45, 2.75) is 25.8 Å². The number of piperidine rings is 1. The number of benzene rings is 1. The van der Waals surface area contributed by atoms with Gasteiger partial charge in [-0.25, -0.2) is 4.79 Å². The summed E-state index contributed by atoms with van der Waals surface area (Å²) >= 11 is 5.79. The van der Waals surface area contributed by atoms with Gasteiger partial charge in [0.1, 0.15) is 0 Å². The standard InChI is InChI=1S/C14H17ClN2O3/c1-8-3-2-6-16-12(8)13(18)17-9-4-5-11(15)10(7-9)14(19)20/h4-5,7-8,12,16H,2-3,6H2,1H3,(H,17,18)(H,19,20). The minimum absolute atomic E-state index is 0.0193. The predicted molar refractivity (Wildman–Crippen MR) is 77.2 cm³/mol. The molecule has 20 heavy (non-hydrogen) atoms. The molecule has 1 aromatic rings. The summed E-state index contributed by atoms with van der Waals surface area (Å²) in [5.41, 5.74) is 0.422. The van der Waals surface area contributed by atoms with E-state index in [1.54, 1.807) is 6.07 Å². The molecule has 2 atom stereocenters. The van der Waals surface area contributed by atoms with E-state index in [0.29, 0.717) is 5.69 Å². The molecule has 6 heteroatoms. The fourth-order valence-electron chi connectivity index (χ4n) is 2.39. The Morgan fingerprint density at radius 1 is 1.45 bits per heavy atom. The van der Waals surface area contributed by atoms with E-state index in [9.17, 15) is 9.59 Å². The first-order chi connectivity index (χ1) is 9.49. The van der Waals surface area contributed by atoms with Crippen LogP contribution in [-0.2, 0) is 4.79 Å². The zero-order valence-corrected chi connectivity index (χ0v) is 11.9. The van der Waals surface area contributed by atoms with Crippen molar-refractivity contribution in [1.82, 2.24) is 5.32 Å². The molecule has 1 amide bonds. The van der Waals surface area contributed by atoms with Crippen LogP contribution in [0.3, 0.4) is 0 Å². The van der Waals surface area contributed by atoms with Crippen molar-refractivity contribution in [2.24, 2.45) is 5.92 Å². The smallest absolute Gasteiger partial charge is 0.337 e. The zero-order chi connectivity index (χ0) is 14.7. The summed E-state index contributed by atoms with van der Waals surface area (Å²) in [4.78, 5) is 23.2. The molecule has 2 rings (SSSR count). The van der Waals surface area contributed by atoms with Crippen LogP contribution in [0, 0.1) is 5.92 Å². The second kappa shape index (κ2) is 6.24. The van der Waals surface area contributed by atoms with E-state index >= 15 is 0 Å². The van der Waals surface area contributed by atoms with E-state index in [1.807, 2.05) is 6.92 Å². The van der Waals surface area contributed by atoms with Crippen LogP contribution in [0.2, 0.25) is 5.02 Å². The largest absolute Gasteiger partial charge is 0.478 e. The van der Waals surface area contributed by atoms with E-state index in [4.69, 9.17) is 16.7 Å². The number of amides is 1. The van der Waals surface area contributed by atoms with Crippen LogP contribution in [0.4, 0.5) is 5.69 Å². The maximum absolute atomic E-state index is 12.2. The Morgan fingerprint density at radius 2 is 2.20 bits per heavy atom. The molecular weight excluding hydrogens is 280 g/mol. The minimum Gasteiger partial charge on any atom is -0.478 e. The molecule has 1 heterocycles. The lowest BCUT2D eigenvalue weighted by Crippen LogP contribution is -2.48. The number of nitrogens with one attached hydrogen (secondary N) is 2. The topological polar surface area (TPSA) is 78.4 Å². The van der Waals surface area contributed by atoms with E-state index in [1.165, 1.54) is 12.1 Å². The molecule has 1 saturated heterocycles. The lowest BCUT2D eigenvalue weighted by atomic mass is 9.92. The normalized spacial score (nSPS) is 22.3. The number of rotatable bonds is 3. The molecular formula is C14H17ClN2O3. The Morgan fingerprint density at radius 3 is 2.85 bits per heavy atom. The number of halogens is 1. The molecule has 3 N–H and O–H groups in total. The third-order valence-electron chi connectivity index (χ3n) is 3.52. The van der Waals surface area contributed by atoms with E-state index in [0.717, 1.165) is 19.4 Å². The fraction of sp³-hybridized carbons (Fsp3) is 0.429. The molecule has 0 bridgehead atoms. The first kappa shape index (κ1) is 14.8. The number of carbonyl (C=O) groups is 2. The van der Waals surface area contributed by atoms with Gasteiger partial charge in [0.15, 0.2) is 0 Å². The summed E-state index contributed by atoms with van der Waals surface area (Å²) in [6.07, 6.45) is 2.07. The van der Waals surface area contributed by atoms with Crippen LogP contribution in [0.25, 0.3) is 0 Å². The Labute approximate surface area is 122 Å². The summed E-state index contributed by atoms with van der Waals surface area (Å²) in [7, 11) is 0. The lowest BCUT2D eigenvalue weighted by Gasteiger charge is -2.28. The number of anilines is 1. The molecule has 0 saturated carbocycles. The fourth-order valence-corrected chi connectivity index (χ4v) is 2.59. The average molecular weight is 297 g/mol. The zero-order valence-electron chi connectivity index (χ0n) is 11.1. The first-order valence-electron chi connectivity index (χ1n) is 6.56. The van der Waals surface area contributed by atoms with Crippen LogP contribution in [0.1, 0.15) is 30.1 Å². The van der Waals surface area contributed by atoms with Crippen LogP contribution >= 0.6 is 11.6 Å². The number of carboxylic acids is 1. The second-order valence-electron chi connectivity index (χ2n) is 5.04. The average Bonchev–Trinajstić information content (AvgIpc) is 2.41. The summed E-state index contributed by atoms with van der Waals surface area (Å²) in [6.45, 7) is 2.85. The van der Waals surface area contributed by atoms with Gasteiger partial charge >= 0.3 is 5.97 Å². The summed E-state index contributed by atoms with van der Waals surface area (Å²) in [6, 6.07) is 4.20. The van der Waals surface area contributed by atoms with E-state index < -0.39 is 5.97 Å². The van der Waals surface area contributed by atoms with Gasteiger partial charge in [0, 0.05) is 5.69 Å². The minimum atomic E-state index is -1.12. The molecule has 108 valence electrons. The molecule has 5 nitrogen and oxygen atoms in total. The van der Waals surface area contributed by atoms with Gasteiger partial charge in [-0.15, -0.1) is 0 Å². The summed E-state index contributed by atoms with van der Waals surface area (Å²) in [5, 5.41) is 15.1. The highest BCUT2D eigenvalue weighted by Gasteiger charge is 2.27. The summed E-state index contributed by atoms with van der Waals surface area (Å²) in [5.74, 6) is -0.999. The maximum Gasteiger partial charge on any atom is 0.337 e. The monoisotopic (exact) mass is 296 g/mol. The molecule has 0 aliphatic carbocycles. The third kappa shape index (κ3) is 3.29. The highest BCUT2D eigenvalue weighted by molar-refractivity contribution is 6.33. The summed E-state index contributed by atoms with van der Waals surface area (Å²) < 4.78 is 0. The quantitative estimate of drug-likeness (QED) is 0.800. The molecule has 0 radical (unpaired) electrons. The molecule has 1 aliphatic heterocycles.